The first-order chi connectivity index (χ1) is 12.5. The summed E-state index contributed by atoms with van der Waals surface area (Å²) >= 11 is 1.16. The number of ether oxygens (including phenoxy) is 2. The first-order valence-electron chi connectivity index (χ1n) is 7.77. The van der Waals surface area contributed by atoms with E-state index in [0.29, 0.717) is 16.3 Å². The highest BCUT2D eigenvalue weighted by Gasteiger charge is 2.24. The quantitative estimate of drug-likeness (QED) is 0.782. The lowest BCUT2D eigenvalue weighted by Crippen LogP contribution is -2.31. The van der Waals surface area contributed by atoms with Crippen LogP contribution in [0.15, 0.2) is 41.3 Å². The minimum absolute atomic E-state index is 0.0704. The molecular weight excluding hydrogens is 356 g/mol. The molecule has 7 nitrogen and oxygen atoms in total. The Kier molecular flexibility index (Phi) is 5.04. The average molecular weight is 372 g/mol. The lowest BCUT2D eigenvalue weighted by molar-refractivity contribution is -0.149. The molecule has 0 saturated carbocycles. The summed E-state index contributed by atoms with van der Waals surface area (Å²) in [5, 5.41) is 4.50. The molecule has 1 atom stereocenters. The second kappa shape index (κ2) is 7.40. The minimum atomic E-state index is -1.05. The molecule has 3 N–H and O–H groups in total. The van der Waals surface area contributed by atoms with Crippen molar-refractivity contribution in [3.8, 4) is 5.75 Å². The van der Waals surface area contributed by atoms with Crippen molar-refractivity contribution in [1.82, 2.24) is 0 Å². The van der Waals surface area contributed by atoms with E-state index in [0.717, 1.165) is 16.9 Å². The number of fused-ring (bicyclic) bond motifs is 1. The van der Waals surface area contributed by atoms with Gasteiger partial charge in [-0.05, 0) is 30.5 Å². The summed E-state index contributed by atoms with van der Waals surface area (Å²) in [4.78, 5) is 35.8. The van der Waals surface area contributed by atoms with Crippen molar-refractivity contribution in [3.05, 3.63) is 52.4 Å². The monoisotopic (exact) mass is 372 g/mol. The number of nitrogens with one attached hydrogen (secondary N) is 1. The first-order valence-corrected chi connectivity index (χ1v) is 8.65. The van der Waals surface area contributed by atoms with Crippen LogP contribution < -0.4 is 15.8 Å². The van der Waals surface area contributed by atoms with E-state index in [1.165, 1.54) is 13.0 Å². The number of amides is 2. The summed E-state index contributed by atoms with van der Waals surface area (Å²) in [5.41, 5.74) is 6.54. The summed E-state index contributed by atoms with van der Waals surface area (Å²) in [6.45, 7) is 1.52. The van der Waals surface area contributed by atoms with Gasteiger partial charge in [0.05, 0.1) is 11.1 Å². The van der Waals surface area contributed by atoms with Gasteiger partial charge in [-0.3, -0.25) is 9.59 Å². The molecule has 2 heterocycles. The molecule has 0 spiro atoms. The topological polar surface area (TPSA) is 108 Å². The zero-order valence-corrected chi connectivity index (χ0v) is 14.7. The summed E-state index contributed by atoms with van der Waals surface area (Å²) in [5.74, 6) is -1.15. The van der Waals surface area contributed by atoms with Crippen molar-refractivity contribution in [1.29, 1.82) is 0 Å². The molecule has 1 aliphatic heterocycles. The second-order valence-corrected chi connectivity index (χ2v) is 6.48. The van der Waals surface area contributed by atoms with Crippen LogP contribution in [0.3, 0.4) is 0 Å². The number of benzene rings is 1. The third kappa shape index (κ3) is 3.75. The van der Waals surface area contributed by atoms with E-state index in [1.54, 1.807) is 17.5 Å². The molecule has 134 valence electrons. The zero-order valence-electron chi connectivity index (χ0n) is 13.9. The fourth-order valence-corrected chi connectivity index (χ4v) is 3.13. The Hall–Kier alpha value is -3.13. The van der Waals surface area contributed by atoms with Gasteiger partial charge in [-0.2, -0.15) is 0 Å². The lowest BCUT2D eigenvalue weighted by Gasteiger charge is -2.19. The van der Waals surface area contributed by atoms with Crippen molar-refractivity contribution >= 4 is 40.2 Å². The molecule has 1 unspecified atom stereocenters. The number of thiophene rings is 1. The molecule has 2 amide bonds. The van der Waals surface area contributed by atoms with Crippen LogP contribution in [0.25, 0.3) is 6.08 Å². The number of hydrogen-bond acceptors (Lipinski definition) is 6. The maximum absolute atomic E-state index is 12.3. The standard InChI is InChI=1S/C18H16N2O5S/c1-10(16(22)20-17-13(15(19)21)6-7-26-17)25-18(23)12-8-11-4-2-3-5-14(11)24-9-12/h2-8,10H,9H2,1H3,(H2,19,21)(H,20,22). The molecule has 1 aromatic heterocycles. The van der Waals surface area contributed by atoms with Gasteiger partial charge in [0, 0.05) is 5.56 Å². The van der Waals surface area contributed by atoms with Gasteiger partial charge in [0.2, 0.25) is 0 Å². The Morgan fingerprint density at radius 2 is 2.04 bits per heavy atom. The zero-order chi connectivity index (χ0) is 18.7. The van der Waals surface area contributed by atoms with E-state index in [9.17, 15) is 14.4 Å². The van der Waals surface area contributed by atoms with E-state index in [4.69, 9.17) is 15.2 Å². The number of anilines is 1. The van der Waals surface area contributed by atoms with Crippen molar-refractivity contribution in [2.24, 2.45) is 5.73 Å². The van der Waals surface area contributed by atoms with E-state index in [-0.39, 0.29) is 12.2 Å². The minimum Gasteiger partial charge on any atom is -0.488 e. The highest BCUT2D eigenvalue weighted by Crippen LogP contribution is 2.26. The Bertz CT molecular complexity index is 902. The van der Waals surface area contributed by atoms with Crippen molar-refractivity contribution in [2.75, 3.05) is 11.9 Å². The van der Waals surface area contributed by atoms with Gasteiger partial charge in [0.25, 0.3) is 11.8 Å². The molecule has 26 heavy (non-hydrogen) atoms. The molecule has 0 fully saturated rings. The summed E-state index contributed by atoms with van der Waals surface area (Å²) < 4.78 is 10.7. The second-order valence-electron chi connectivity index (χ2n) is 5.56. The van der Waals surface area contributed by atoms with Gasteiger partial charge in [0.15, 0.2) is 6.10 Å². The summed E-state index contributed by atoms with van der Waals surface area (Å²) in [7, 11) is 0. The molecule has 1 aliphatic rings. The van der Waals surface area contributed by atoms with Crippen LogP contribution in [0.4, 0.5) is 5.00 Å². The maximum Gasteiger partial charge on any atom is 0.338 e. The van der Waals surface area contributed by atoms with E-state index in [2.05, 4.69) is 5.32 Å². The fraction of sp³-hybridized carbons (Fsp3) is 0.167. The van der Waals surface area contributed by atoms with Gasteiger partial charge in [-0.1, -0.05) is 18.2 Å². The smallest absolute Gasteiger partial charge is 0.338 e. The van der Waals surface area contributed by atoms with Crippen molar-refractivity contribution in [2.45, 2.75) is 13.0 Å². The number of hydrogen-bond donors (Lipinski definition) is 2. The van der Waals surface area contributed by atoms with E-state index < -0.39 is 23.9 Å². The average Bonchev–Trinajstić information content (AvgIpc) is 3.09. The lowest BCUT2D eigenvalue weighted by atomic mass is 10.1. The molecular formula is C18H16N2O5S. The van der Waals surface area contributed by atoms with E-state index >= 15 is 0 Å². The number of nitrogens with two attached hydrogens (primary N) is 1. The molecule has 1 aromatic carbocycles. The third-order valence-corrected chi connectivity index (χ3v) is 4.54. The third-order valence-electron chi connectivity index (χ3n) is 3.71. The van der Waals surface area contributed by atoms with Gasteiger partial charge < -0.3 is 20.5 Å². The number of carbonyl (C=O) groups is 3. The first kappa shape index (κ1) is 17.7. The van der Waals surface area contributed by atoms with Crippen molar-refractivity contribution < 1.29 is 23.9 Å². The van der Waals surface area contributed by atoms with Gasteiger partial charge in [-0.25, -0.2) is 4.79 Å². The molecule has 2 aromatic rings. The predicted octanol–water partition coefficient (Wildman–Crippen LogP) is 2.19. The van der Waals surface area contributed by atoms with Crippen LogP contribution in [0.1, 0.15) is 22.8 Å². The summed E-state index contributed by atoms with van der Waals surface area (Å²) in [6, 6.07) is 8.82. The van der Waals surface area contributed by atoms with Crippen molar-refractivity contribution in [3.63, 3.8) is 0 Å². The maximum atomic E-state index is 12.3. The molecule has 0 aliphatic carbocycles. The number of para-hydroxylation sites is 1. The van der Waals surface area contributed by atoms with Crippen LogP contribution in [-0.2, 0) is 14.3 Å². The van der Waals surface area contributed by atoms with Crippen LogP contribution in [0.2, 0.25) is 0 Å². The Balaban J connectivity index is 1.64. The van der Waals surface area contributed by atoms with Crippen LogP contribution in [0.5, 0.6) is 5.75 Å². The highest BCUT2D eigenvalue weighted by atomic mass is 32.1. The Morgan fingerprint density at radius 3 is 2.81 bits per heavy atom. The number of rotatable bonds is 5. The number of esters is 1. The van der Waals surface area contributed by atoms with Crippen LogP contribution in [0, 0.1) is 0 Å². The Morgan fingerprint density at radius 1 is 1.27 bits per heavy atom. The number of primary amides is 1. The molecule has 0 radical (unpaired) electrons. The van der Waals surface area contributed by atoms with Crippen LogP contribution in [-0.4, -0.2) is 30.5 Å². The number of carbonyl (C=O) groups excluding carboxylic acids is 3. The molecule has 0 saturated heterocycles. The van der Waals surface area contributed by atoms with Gasteiger partial charge >= 0.3 is 5.97 Å². The van der Waals surface area contributed by atoms with E-state index in [1.807, 2.05) is 18.2 Å². The van der Waals surface area contributed by atoms with Crippen LogP contribution >= 0.6 is 11.3 Å². The van der Waals surface area contributed by atoms with Gasteiger partial charge in [0.1, 0.15) is 17.4 Å². The fourth-order valence-electron chi connectivity index (χ4n) is 2.34. The molecule has 3 rings (SSSR count). The Labute approximate surface area is 153 Å². The summed E-state index contributed by atoms with van der Waals surface area (Å²) in [6.07, 6.45) is 0.624. The highest BCUT2D eigenvalue weighted by molar-refractivity contribution is 7.14. The van der Waals surface area contributed by atoms with Gasteiger partial charge in [-0.15, -0.1) is 11.3 Å². The SMILES string of the molecule is CC(OC(=O)C1=Cc2ccccc2OC1)C(=O)Nc1sccc1C(N)=O. The normalized spacial score (nSPS) is 13.7. The molecule has 8 heteroatoms. The largest absolute Gasteiger partial charge is 0.488 e. The predicted molar refractivity (Wildman–Crippen MR) is 96.9 cm³/mol. The molecule has 0 bridgehead atoms.